The number of hydrogen-bond acceptors (Lipinski definition) is 3. The second-order valence-corrected chi connectivity index (χ2v) is 8.36. The number of para-hydroxylation sites is 1. The van der Waals surface area contributed by atoms with E-state index in [0.717, 1.165) is 40.6 Å². The summed E-state index contributed by atoms with van der Waals surface area (Å²) in [5, 5.41) is 4.83. The number of ketones is 1. The van der Waals surface area contributed by atoms with Crippen molar-refractivity contribution in [1.82, 2.24) is 19.3 Å². The van der Waals surface area contributed by atoms with Crippen LogP contribution in [0.2, 0.25) is 0 Å². The highest BCUT2D eigenvalue weighted by Crippen LogP contribution is 2.35. The van der Waals surface area contributed by atoms with E-state index in [1.807, 2.05) is 82.3 Å². The maximum absolute atomic E-state index is 12.5. The van der Waals surface area contributed by atoms with E-state index in [9.17, 15) is 4.79 Å². The first-order valence-corrected chi connectivity index (χ1v) is 9.83. The fraction of sp³-hybridized carbons (Fsp3) is 0.208. The Bertz CT molecular complexity index is 1190. The van der Waals surface area contributed by atoms with Gasteiger partial charge in [0.1, 0.15) is 0 Å². The van der Waals surface area contributed by atoms with Crippen molar-refractivity contribution in [3.8, 4) is 22.9 Å². The number of rotatable bonds is 3. The monoisotopic (exact) mass is 382 g/mol. The Kier molecular flexibility index (Phi) is 3.98. The molecule has 0 saturated heterocycles. The Morgan fingerprint density at radius 3 is 2.45 bits per heavy atom. The zero-order chi connectivity index (χ0) is 20.0. The quantitative estimate of drug-likeness (QED) is 0.507. The molecule has 0 spiro atoms. The number of fused-ring (bicyclic) bond motifs is 1. The molecule has 3 heterocycles. The molecule has 0 bridgehead atoms. The van der Waals surface area contributed by atoms with Crippen molar-refractivity contribution >= 4 is 5.78 Å². The van der Waals surface area contributed by atoms with Crippen molar-refractivity contribution in [1.29, 1.82) is 0 Å². The predicted octanol–water partition coefficient (Wildman–Crippen LogP) is 4.88. The van der Waals surface area contributed by atoms with Crippen LogP contribution in [0, 0.1) is 5.41 Å². The molecule has 0 N–H and O–H groups in total. The zero-order valence-corrected chi connectivity index (χ0v) is 16.5. The lowest BCUT2D eigenvalue weighted by Crippen LogP contribution is -2.28. The lowest BCUT2D eigenvalue weighted by Gasteiger charge is -2.29. The fourth-order valence-electron chi connectivity index (χ4n) is 4.01. The topological polar surface area (TPSA) is 52.7 Å². The number of carbonyl (C=O) groups excluding carboxylic acids is 1. The minimum absolute atomic E-state index is 0.0638. The Balaban J connectivity index is 1.67. The van der Waals surface area contributed by atoms with Gasteiger partial charge in [-0.1, -0.05) is 32.0 Å². The summed E-state index contributed by atoms with van der Waals surface area (Å²) < 4.78 is 3.90. The summed E-state index contributed by atoms with van der Waals surface area (Å²) in [5.41, 5.74) is 4.27. The lowest BCUT2D eigenvalue weighted by atomic mass is 9.75. The van der Waals surface area contributed by atoms with Crippen LogP contribution in [0.1, 0.15) is 36.3 Å². The van der Waals surface area contributed by atoms with E-state index >= 15 is 0 Å². The van der Waals surface area contributed by atoms with Gasteiger partial charge in [-0.05, 0) is 48.2 Å². The average molecular weight is 382 g/mol. The van der Waals surface area contributed by atoms with Crippen LogP contribution in [-0.2, 0) is 6.42 Å². The van der Waals surface area contributed by atoms with Crippen LogP contribution >= 0.6 is 0 Å². The van der Waals surface area contributed by atoms with Gasteiger partial charge < -0.3 is 4.57 Å². The zero-order valence-electron chi connectivity index (χ0n) is 16.5. The van der Waals surface area contributed by atoms with Gasteiger partial charge in [0.2, 0.25) is 0 Å². The van der Waals surface area contributed by atoms with Crippen molar-refractivity contribution in [3.05, 3.63) is 84.3 Å². The number of hydrogen-bond donors (Lipinski definition) is 0. The molecule has 0 amide bonds. The molecule has 144 valence electrons. The predicted molar refractivity (Wildman–Crippen MR) is 113 cm³/mol. The molecule has 29 heavy (non-hydrogen) atoms. The molecule has 0 radical (unpaired) electrons. The molecule has 0 fully saturated rings. The second kappa shape index (κ2) is 6.55. The molecule has 5 rings (SSSR count). The SMILES string of the molecule is CC1(C)CC(=O)c2ccc(-c3cc(-n4cccc4)nn3-c3ccccc3)nc2C1. The highest BCUT2D eigenvalue weighted by atomic mass is 16.1. The minimum Gasteiger partial charge on any atom is -0.307 e. The normalized spacial score (nSPS) is 15.3. The fourth-order valence-corrected chi connectivity index (χ4v) is 4.01. The summed E-state index contributed by atoms with van der Waals surface area (Å²) in [6.45, 7) is 4.25. The van der Waals surface area contributed by atoms with Crippen molar-refractivity contribution in [3.63, 3.8) is 0 Å². The van der Waals surface area contributed by atoms with Crippen LogP contribution in [-0.4, -0.2) is 25.1 Å². The number of benzene rings is 1. The molecule has 1 aliphatic carbocycles. The van der Waals surface area contributed by atoms with Gasteiger partial charge in [0.25, 0.3) is 0 Å². The third kappa shape index (κ3) is 3.18. The summed E-state index contributed by atoms with van der Waals surface area (Å²) >= 11 is 0. The van der Waals surface area contributed by atoms with E-state index in [0.29, 0.717) is 6.42 Å². The summed E-state index contributed by atoms with van der Waals surface area (Å²) in [5.74, 6) is 1.00. The number of pyridine rings is 1. The number of carbonyl (C=O) groups is 1. The van der Waals surface area contributed by atoms with Crippen molar-refractivity contribution < 1.29 is 4.79 Å². The first-order valence-electron chi connectivity index (χ1n) is 9.83. The number of nitrogens with zero attached hydrogens (tertiary/aromatic N) is 4. The van der Waals surface area contributed by atoms with Gasteiger partial charge in [-0.15, -0.1) is 5.10 Å². The smallest absolute Gasteiger partial charge is 0.165 e. The van der Waals surface area contributed by atoms with Gasteiger partial charge in [-0.2, -0.15) is 0 Å². The third-order valence-electron chi connectivity index (χ3n) is 5.39. The number of Topliss-reactive ketones (excluding diaryl/α,β-unsaturated/α-hetero) is 1. The highest BCUT2D eigenvalue weighted by Gasteiger charge is 2.32. The molecule has 5 nitrogen and oxygen atoms in total. The van der Waals surface area contributed by atoms with Crippen LogP contribution in [0.3, 0.4) is 0 Å². The maximum Gasteiger partial charge on any atom is 0.165 e. The van der Waals surface area contributed by atoms with E-state index in [2.05, 4.69) is 13.8 Å². The first-order chi connectivity index (χ1) is 14.0. The van der Waals surface area contributed by atoms with Crippen LogP contribution in [0.5, 0.6) is 0 Å². The standard InChI is InChI=1S/C24H22N4O/c1-24(2)15-20-18(22(29)16-24)10-11-19(25-20)21-14-23(27-12-6-7-13-27)26-28(21)17-8-4-3-5-9-17/h3-14H,15-16H2,1-2H3. The Labute approximate surface area is 169 Å². The number of aromatic nitrogens is 4. The third-order valence-corrected chi connectivity index (χ3v) is 5.39. The molecule has 0 unspecified atom stereocenters. The first kappa shape index (κ1) is 17.6. The molecule has 3 aromatic heterocycles. The van der Waals surface area contributed by atoms with E-state index in [1.165, 1.54) is 0 Å². The van der Waals surface area contributed by atoms with Gasteiger partial charge in [0.15, 0.2) is 11.6 Å². The Morgan fingerprint density at radius 2 is 1.69 bits per heavy atom. The van der Waals surface area contributed by atoms with E-state index in [-0.39, 0.29) is 11.2 Å². The average Bonchev–Trinajstić information content (AvgIpc) is 3.37. The van der Waals surface area contributed by atoms with Gasteiger partial charge in [0.05, 0.1) is 22.8 Å². The van der Waals surface area contributed by atoms with Gasteiger partial charge >= 0.3 is 0 Å². The molecule has 1 aliphatic rings. The van der Waals surface area contributed by atoms with Gasteiger partial charge in [-0.25, -0.2) is 4.68 Å². The lowest BCUT2D eigenvalue weighted by molar-refractivity contribution is 0.0910. The molecule has 0 aliphatic heterocycles. The molecule has 5 heteroatoms. The van der Waals surface area contributed by atoms with Gasteiger partial charge in [0, 0.05) is 30.4 Å². The molecular formula is C24H22N4O. The second-order valence-electron chi connectivity index (χ2n) is 8.36. The van der Waals surface area contributed by atoms with Crippen LogP contribution < -0.4 is 0 Å². The van der Waals surface area contributed by atoms with Crippen LogP contribution in [0.4, 0.5) is 0 Å². The summed E-state index contributed by atoms with van der Waals surface area (Å²) in [7, 11) is 0. The summed E-state index contributed by atoms with van der Waals surface area (Å²) in [6.07, 6.45) is 5.32. The molecule has 0 atom stereocenters. The largest absolute Gasteiger partial charge is 0.307 e. The van der Waals surface area contributed by atoms with Crippen molar-refractivity contribution in [2.45, 2.75) is 26.7 Å². The van der Waals surface area contributed by atoms with E-state index < -0.39 is 0 Å². The summed E-state index contributed by atoms with van der Waals surface area (Å²) in [4.78, 5) is 17.5. The van der Waals surface area contributed by atoms with E-state index in [4.69, 9.17) is 10.1 Å². The van der Waals surface area contributed by atoms with Gasteiger partial charge in [-0.3, -0.25) is 9.78 Å². The van der Waals surface area contributed by atoms with Crippen LogP contribution in [0.15, 0.2) is 73.1 Å². The summed E-state index contributed by atoms with van der Waals surface area (Å²) in [6, 6.07) is 19.9. The molecular weight excluding hydrogens is 360 g/mol. The maximum atomic E-state index is 12.5. The molecule has 4 aromatic rings. The highest BCUT2D eigenvalue weighted by molar-refractivity contribution is 5.98. The Morgan fingerprint density at radius 1 is 0.931 bits per heavy atom. The van der Waals surface area contributed by atoms with Crippen molar-refractivity contribution in [2.24, 2.45) is 5.41 Å². The molecule has 0 saturated carbocycles. The minimum atomic E-state index is -0.0638. The van der Waals surface area contributed by atoms with Crippen molar-refractivity contribution in [2.75, 3.05) is 0 Å². The van der Waals surface area contributed by atoms with E-state index in [1.54, 1.807) is 0 Å². The Hall–Kier alpha value is -3.47. The molecule has 1 aromatic carbocycles. The van der Waals surface area contributed by atoms with Crippen LogP contribution in [0.25, 0.3) is 22.9 Å².